The molecule has 0 saturated heterocycles. The first-order valence-electron chi connectivity index (χ1n) is 6.87. The first kappa shape index (κ1) is 17.8. The monoisotopic (exact) mass is 310 g/mol. The van der Waals surface area contributed by atoms with Gasteiger partial charge in [0, 0.05) is 38.2 Å². The molecular weight excluding hydrogens is 288 g/mol. The highest BCUT2D eigenvalue weighted by atomic mass is 16.5. The summed E-state index contributed by atoms with van der Waals surface area (Å²) in [6.45, 7) is 1.06. The predicted molar refractivity (Wildman–Crippen MR) is 81.4 cm³/mol. The Morgan fingerprint density at radius 2 is 1.55 bits per heavy atom. The van der Waals surface area contributed by atoms with Gasteiger partial charge in [0.15, 0.2) is 0 Å². The maximum atomic E-state index is 12.0. The van der Waals surface area contributed by atoms with E-state index in [0.29, 0.717) is 43.2 Å². The number of carbonyl (C=O) groups is 2. The smallest absolute Gasteiger partial charge is 0.251 e. The van der Waals surface area contributed by atoms with Crippen LogP contribution >= 0.6 is 0 Å². The van der Waals surface area contributed by atoms with Crippen LogP contribution in [0.3, 0.4) is 0 Å². The van der Waals surface area contributed by atoms with Gasteiger partial charge in [0.25, 0.3) is 5.91 Å². The quantitative estimate of drug-likeness (QED) is 0.652. The van der Waals surface area contributed by atoms with E-state index >= 15 is 0 Å². The highest BCUT2D eigenvalue weighted by Gasteiger charge is 2.09. The van der Waals surface area contributed by atoms with Crippen molar-refractivity contribution in [3.05, 3.63) is 23.8 Å². The van der Waals surface area contributed by atoms with Gasteiger partial charge in [-0.1, -0.05) is 0 Å². The number of benzene rings is 1. The minimum Gasteiger partial charge on any atom is -0.497 e. The van der Waals surface area contributed by atoms with Crippen molar-refractivity contribution in [2.24, 2.45) is 0 Å². The molecular formula is C15H22N2O5. The minimum atomic E-state index is -0.261. The van der Waals surface area contributed by atoms with E-state index in [1.165, 1.54) is 21.3 Å². The van der Waals surface area contributed by atoms with Crippen molar-refractivity contribution < 1.29 is 23.8 Å². The zero-order valence-electron chi connectivity index (χ0n) is 13.1. The van der Waals surface area contributed by atoms with E-state index in [4.69, 9.17) is 14.2 Å². The molecule has 1 rings (SSSR count). The summed E-state index contributed by atoms with van der Waals surface area (Å²) in [5, 5.41) is 5.40. The molecule has 0 spiro atoms. The van der Waals surface area contributed by atoms with E-state index in [1.807, 2.05) is 0 Å². The van der Waals surface area contributed by atoms with Crippen LogP contribution in [0, 0.1) is 0 Å². The Morgan fingerprint density at radius 1 is 0.955 bits per heavy atom. The third-order valence-corrected chi connectivity index (χ3v) is 2.88. The predicted octanol–water partition coefficient (Wildman–Crippen LogP) is 0.586. The number of nitrogens with one attached hydrogen (secondary N) is 2. The van der Waals surface area contributed by atoms with Crippen LogP contribution in [0.25, 0.3) is 0 Å². The molecule has 0 fully saturated rings. The van der Waals surface area contributed by atoms with Gasteiger partial charge in [-0.15, -0.1) is 0 Å². The molecule has 1 aromatic rings. The maximum Gasteiger partial charge on any atom is 0.251 e. The van der Waals surface area contributed by atoms with Gasteiger partial charge >= 0.3 is 0 Å². The van der Waals surface area contributed by atoms with Crippen molar-refractivity contribution >= 4 is 11.8 Å². The lowest BCUT2D eigenvalue weighted by atomic mass is 10.2. The maximum absolute atomic E-state index is 12.0. The Kier molecular flexibility index (Phi) is 7.77. The Labute approximate surface area is 129 Å². The molecule has 0 bridgehead atoms. The molecule has 0 aromatic heterocycles. The number of carbonyl (C=O) groups excluding carboxylic acids is 2. The van der Waals surface area contributed by atoms with Gasteiger partial charge in [-0.25, -0.2) is 0 Å². The Morgan fingerprint density at radius 3 is 2.09 bits per heavy atom. The molecule has 7 heteroatoms. The number of methoxy groups -OCH3 is 3. The summed E-state index contributed by atoms with van der Waals surface area (Å²) in [6, 6.07) is 4.93. The van der Waals surface area contributed by atoms with Crippen LogP contribution in [0.5, 0.6) is 11.5 Å². The second kappa shape index (κ2) is 9.62. The largest absolute Gasteiger partial charge is 0.497 e. The van der Waals surface area contributed by atoms with Crippen LogP contribution in [0.1, 0.15) is 16.8 Å². The Bertz CT molecular complexity index is 482. The molecule has 0 unspecified atom stereocenters. The summed E-state index contributed by atoms with van der Waals surface area (Å²) in [7, 11) is 4.58. The van der Waals surface area contributed by atoms with Crippen LogP contribution < -0.4 is 20.1 Å². The standard InChI is InChI=1S/C15H22N2O5/c1-20-7-4-14(18)16-5-6-17-15(19)11-8-12(21-2)10-13(9-11)22-3/h8-10H,4-7H2,1-3H3,(H,16,18)(H,17,19). The van der Waals surface area contributed by atoms with Crippen LogP contribution in [-0.2, 0) is 9.53 Å². The lowest BCUT2D eigenvalue weighted by Gasteiger charge is -2.10. The van der Waals surface area contributed by atoms with Gasteiger partial charge in [0.2, 0.25) is 5.91 Å². The fourth-order valence-corrected chi connectivity index (χ4v) is 1.70. The van der Waals surface area contributed by atoms with E-state index in [2.05, 4.69) is 10.6 Å². The molecule has 7 nitrogen and oxygen atoms in total. The number of hydrogen-bond acceptors (Lipinski definition) is 5. The fraction of sp³-hybridized carbons (Fsp3) is 0.467. The second-order valence-electron chi connectivity index (χ2n) is 4.45. The molecule has 0 saturated carbocycles. The summed E-state index contributed by atoms with van der Waals surface area (Å²) >= 11 is 0. The average Bonchev–Trinajstić information content (AvgIpc) is 2.55. The van der Waals surface area contributed by atoms with Crippen molar-refractivity contribution in [1.82, 2.24) is 10.6 Å². The number of amides is 2. The summed E-state index contributed by atoms with van der Waals surface area (Å²) in [6.07, 6.45) is 0.303. The Hall–Kier alpha value is -2.28. The molecule has 22 heavy (non-hydrogen) atoms. The molecule has 0 aliphatic carbocycles. The highest BCUT2D eigenvalue weighted by Crippen LogP contribution is 2.22. The highest BCUT2D eigenvalue weighted by molar-refractivity contribution is 5.95. The number of hydrogen-bond donors (Lipinski definition) is 2. The van der Waals surface area contributed by atoms with Gasteiger partial charge in [-0.2, -0.15) is 0 Å². The number of ether oxygens (including phenoxy) is 3. The van der Waals surface area contributed by atoms with Crippen molar-refractivity contribution in [2.75, 3.05) is 41.0 Å². The van der Waals surface area contributed by atoms with Gasteiger partial charge < -0.3 is 24.8 Å². The van der Waals surface area contributed by atoms with E-state index in [1.54, 1.807) is 18.2 Å². The van der Waals surface area contributed by atoms with Crippen LogP contribution in [-0.4, -0.2) is 52.8 Å². The Balaban J connectivity index is 2.44. The van der Waals surface area contributed by atoms with Gasteiger partial charge in [-0.3, -0.25) is 9.59 Å². The SMILES string of the molecule is COCCC(=O)NCCNC(=O)c1cc(OC)cc(OC)c1. The average molecular weight is 310 g/mol. The van der Waals surface area contributed by atoms with Gasteiger partial charge in [0.05, 0.1) is 20.8 Å². The molecule has 0 aliphatic rings. The van der Waals surface area contributed by atoms with Crippen molar-refractivity contribution in [3.8, 4) is 11.5 Å². The molecule has 0 radical (unpaired) electrons. The summed E-state index contributed by atoms with van der Waals surface area (Å²) < 4.78 is 15.0. The molecule has 122 valence electrons. The lowest BCUT2D eigenvalue weighted by Crippen LogP contribution is -2.35. The zero-order chi connectivity index (χ0) is 16.4. The van der Waals surface area contributed by atoms with E-state index in [-0.39, 0.29) is 11.8 Å². The normalized spacial score (nSPS) is 9.95. The van der Waals surface area contributed by atoms with Crippen LogP contribution in [0.15, 0.2) is 18.2 Å². The third-order valence-electron chi connectivity index (χ3n) is 2.88. The van der Waals surface area contributed by atoms with Crippen molar-refractivity contribution in [2.45, 2.75) is 6.42 Å². The molecule has 0 atom stereocenters. The molecule has 2 amide bonds. The molecule has 2 N–H and O–H groups in total. The zero-order valence-corrected chi connectivity index (χ0v) is 13.1. The van der Waals surface area contributed by atoms with Gasteiger partial charge in [0.1, 0.15) is 11.5 Å². The molecule has 0 aliphatic heterocycles. The fourth-order valence-electron chi connectivity index (χ4n) is 1.70. The summed E-state index contributed by atoms with van der Waals surface area (Å²) in [4.78, 5) is 23.4. The lowest BCUT2D eigenvalue weighted by molar-refractivity contribution is -0.121. The molecule has 0 heterocycles. The summed E-state index contributed by atoms with van der Waals surface area (Å²) in [5.41, 5.74) is 0.432. The van der Waals surface area contributed by atoms with Crippen molar-refractivity contribution in [1.29, 1.82) is 0 Å². The number of rotatable bonds is 9. The minimum absolute atomic E-state index is 0.112. The first-order chi connectivity index (χ1) is 10.6. The van der Waals surface area contributed by atoms with Gasteiger partial charge in [-0.05, 0) is 12.1 Å². The topological polar surface area (TPSA) is 85.9 Å². The third kappa shape index (κ3) is 6.01. The summed E-state index contributed by atoms with van der Waals surface area (Å²) in [5.74, 6) is 0.706. The van der Waals surface area contributed by atoms with E-state index in [0.717, 1.165) is 0 Å². The molecule has 1 aromatic carbocycles. The van der Waals surface area contributed by atoms with E-state index in [9.17, 15) is 9.59 Å². The van der Waals surface area contributed by atoms with Crippen LogP contribution in [0.4, 0.5) is 0 Å². The van der Waals surface area contributed by atoms with Crippen LogP contribution in [0.2, 0.25) is 0 Å². The second-order valence-corrected chi connectivity index (χ2v) is 4.45. The first-order valence-corrected chi connectivity index (χ1v) is 6.87. The van der Waals surface area contributed by atoms with E-state index < -0.39 is 0 Å². The van der Waals surface area contributed by atoms with Crippen molar-refractivity contribution in [3.63, 3.8) is 0 Å².